The number of fused-ring (bicyclic) bond motifs is 1. The number of carbonyl (C=O) groups is 4. The number of nitrogens with one attached hydrogen (secondary N) is 3. The highest BCUT2D eigenvalue weighted by Crippen LogP contribution is 2.28. The quantitative estimate of drug-likeness (QED) is 0.462. The summed E-state index contributed by atoms with van der Waals surface area (Å²) in [6.45, 7) is 1.34. The summed E-state index contributed by atoms with van der Waals surface area (Å²) < 4.78 is 5.20. The topological polar surface area (TPSA) is 120 Å². The van der Waals surface area contributed by atoms with E-state index in [1.165, 1.54) is 12.0 Å². The molecule has 5 rings (SSSR count). The Balaban J connectivity index is 1.39. The largest absolute Gasteiger partial charge is 0.497 e. The van der Waals surface area contributed by atoms with E-state index in [4.69, 9.17) is 4.74 Å². The first-order valence-electron chi connectivity index (χ1n) is 10.7. The van der Waals surface area contributed by atoms with Crippen LogP contribution < -0.4 is 25.6 Å². The molecule has 2 aromatic rings. The van der Waals surface area contributed by atoms with E-state index < -0.39 is 17.5 Å². The number of rotatable bonds is 4. The molecule has 0 saturated carbocycles. The Morgan fingerprint density at radius 1 is 1.09 bits per heavy atom. The highest BCUT2D eigenvalue weighted by atomic mass is 16.5. The lowest BCUT2D eigenvalue weighted by molar-refractivity contribution is -0.122. The summed E-state index contributed by atoms with van der Waals surface area (Å²) in [5.41, 5.74) is 1.04. The maximum Gasteiger partial charge on any atom is 0.323 e. The third-order valence-electron chi connectivity index (χ3n) is 6.02. The Labute approximate surface area is 195 Å². The van der Waals surface area contributed by atoms with E-state index in [0.29, 0.717) is 30.0 Å². The number of ether oxygens (including phenoxy) is 1. The molecule has 0 bridgehead atoms. The number of carbonyl (C=O) groups excluding carboxylic acids is 4. The molecular weight excluding hydrogens is 438 g/mol. The average Bonchev–Trinajstić information content (AvgIpc) is 3.48. The van der Waals surface area contributed by atoms with Crippen molar-refractivity contribution in [3.8, 4) is 17.6 Å². The second kappa shape index (κ2) is 8.12. The molecule has 3 heterocycles. The lowest BCUT2D eigenvalue weighted by Gasteiger charge is -2.26. The molecule has 10 nitrogen and oxygen atoms in total. The number of nitrogens with zero attached hydrogens (tertiary/aromatic N) is 2. The van der Waals surface area contributed by atoms with Gasteiger partial charge in [-0.05, 0) is 42.0 Å². The van der Waals surface area contributed by atoms with Crippen LogP contribution in [0.4, 0.5) is 15.3 Å². The van der Waals surface area contributed by atoms with Gasteiger partial charge in [0.15, 0.2) is 0 Å². The molecule has 2 aromatic carbocycles. The van der Waals surface area contributed by atoms with E-state index in [9.17, 15) is 19.2 Å². The Hall–Kier alpha value is -4.52. The lowest BCUT2D eigenvalue weighted by Crippen LogP contribution is -2.54. The molecule has 3 aliphatic heterocycles. The van der Waals surface area contributed by atoms with E-state index in [-0.39, 0.29) is 25.0 Å². The van der Waals surface area contributed by atoms with Crippen LogP contribution in [0.25, 0.3) is 0 Å². The smallest absolute Gasteiger partial charge is 0.323 e. The van der Waals surface area contributed by atoms with Gasteiger partial charge in [-0.3, -0.25) is 19.8 Å². The van der Waals surface area contributed by atoms with Crippen LogP contribution in [0.15, 0.2) is 42.5 Å². The van der Waals surface area contributed by atoms with Crippen molar-refractivity contribution in [2.24, 2.45) is 0 Å². The summed E-state index contributed by atoms with van der Waals surface area (Å²) >= 11 is 0. The summed E-state index contributed by atoms with van der Waals surface area (Å²) in [7, 11) is 1.52. The van der Waals surface area contributed by atoms with Crippen LogP contribution in [-0.2, 0) is 11.3 Å². The van der Waals surface area contributed by atoms with Crippen molar-refractivity contribution in [2.45, 2.75) is 12.1 Å². The van der Waals surface area contributed by atoms with Crippen molar-refractivity contribution in [3.05, 3.63) is 59.2 Å². The van der Waals surface area contributed by atoms with Gasteiger partial charge in [-0.25, -0.2) is 9.59 Å². The first-order valence-corrected chi connectivity index (χ1v) is 10.7. The van der Waals surface area contributed by atoms with Gasteiger partial charge in [0.25, 0.3) is 11.8 Å². The van der Waals surface area contributed by atoms with Crippen molar-refractivity contribution in [1.82, 2.24) is 20.9 Å². The number of amides is 6. The Kier molecular flexibility index (Phi) is 5.09. The molecule has 34 heavy (non-hydrogen) atoms. The summed E-state index contributed by atoms with van der Waals surface area (Å²) in [6, 6.07) is 11.4. The molecule has 3 N–H and O–H groups in total. The number of imide groups is 1. The van der Waals surface area contributed by atoms with Crippen LogP contribution in [0, 0.1) is 11.8 Å². The number of urea groups is 2. The molecule has 2 fully saturated rings. The van der Waals surface area contributed by atoms with Crippen molar-refractivity contribution in [3.63, 3.8) is 0 Å². The maximum atomic E-state index is 13.0. The molecule has 0 unspecified atom stereocenters. The SMILES string of the molecule is COc1ccc2c(c1)C(=O)N(C[C@@]1(C#Cc3ccc(N4CCNC4=O)cc3)NC(=O)NC1=O)C2. The number of methoxy groups -OCH3 is 1. The molecule has 0 spiro atoms. The summed E-state index contributed by atoms with van der Waals surface area (Å²) in [4.78, 5) is 52.7. The predicted octanol–water partition coefficient (Wildman–Crippen LogP) is 0.810. The van der Waals surface area contributed by atoms with E-state index in [1.54, 1.807) is 47.4 Å². The van der Waals surface area contributed by atoms with E-state index >= 15 is 0 Å². The molecule has 0 radical (unpaired) electrons. The van der Waals surface area contributed by atoms with Crippen molar-refractivity contribution < 1.29 is 23.9 Å². The van der Waals surface area contributed by atoms with E-state index in [0.717, 1.165) is 11.3 Å². The van der Waals surface area contributed by atoms with Gasteiger partial charge in [-0.1, -0.05) is 17.9 Å². The van der Waals surface area contributed by atoms with Gasteiger partial charge in [0.1, 0.15) is 5.75 Å². The molecular formula is C24H21N5O5. The normalized spacial score (nSPS) is 21.0. The van der Waals surface area contributed by atoms with Crippen LogP contribution >= 0.6 is 0 Å². The fourth-order valence-electron chi connectivity index (χ4n) is 4.23. The Morgan fingerprint density at radius 2 is 1.88 bits per heavy atom. The molecule has 6 amide bonds. The highest BCUT2D eigenvalue weighted by Gasteiger charge is 2.48. The predicted molar refractivity (Wildman–Crippen MR) is 121 cm³/mol. The Bertz CT molecular complexity index is 1280. The minimum absolute atomic E-state index is 0.112. The summed E-state index contributed by atoms with van der Waals surface area (Å²) in [6.07, 6.45) is 0. The second-order valence-corrected chi connectivity index (χ2v) is 8.18. The van der Waals surface area contributed by atoms with Crippen LogP contribution in [0.3, 0.4) is 0 Å². The van der Waals surface area contributed by atoms with Gasteiger partial charge in [-0.2, -0.15) is 0 Å². The molecule has 172 valence electrons. The lowest BCUT2D eigenvalue weighted by atomic mass is 9.99. The zero-order chi connectivity index (χ0) is 23.9. The first kappa shape index (κ1) is 21.3. The minimum atomic E-state index is -1.59. The third-order valence-corrected chi connectivity index (χ3v) is 6.02. The van der Waals surface area contributed by atoms with Gasteiger partial charge in [0, 0.05) is 36.4 Å². The van der Waals surface area contributed by atoms with Gasteiger partial charge in [0.05, 0.1) is 13.7 Å². The standard InChI is InChI=1S/C24H21N5O5/c1-34-18-7-4-16-13-28(20(30)19(16)12-18)14-24(21(31)26-22(32)27-24)9-8-15-2-5-17(6-3-15)29-11-10-25-23(29)33/h2-7,12H,10-11,13-14H2,1H3,(H,25,33)(H2,26,27,31,32)/t24-/m1/s1. The molecule has 3 aliphatic rings. The number of anilines is 1. The Morgan fingerprint density at radius 3 is 2.53 bits per heavy atom. The zero-order valence-corrected chi connectivity index (χ0v) is 18.3. The maximum absolute atomic E-state index is 13.0. The molecule has 0 aliphatic carbocycles. The van der Waals surface area contributed by atoms with Crippen LogP contribution in [0.5, 0.6) is 5.75 Å². The number of benzene rings is 2. The van der Waals surface area contributed by atoms with Crippen LogP contribution in [-0.4, -0.2) is 61.1 Å². The average molecular weight is 459 g/mol. The molecule has 1 atom stereocenters. The van der Waals surface area contributed by atoms with Gasteiger partial charge in [0.2, 0.25) is 5.54 Å². The number of hydrogen-bond acceptors (Lipinski definition) is 5. The fraction of sp³-hybridized carbons (Fsp3) is 0.250. The van der Waals surface area contributed by atoms with Crippen LogP contribution in [0.1, 0.15) is 21.5 Å². The van der Waals surface area contributed by atoms with E-state index in [1.807, 2.05) is 0 Å². The number of hydrogen-bond donors (Lipinski definition) is 3. The van der Waals surface area contributed by atoms with Gasteiger partial charge < -0.3 is 20.3 Å². The van der Waals surface area contributed by atoms with Crippen molar-refractivity contribution in [1.29, 1.82) is 0 Å². The van der Waals surface area contributed by atoms with E-state index in [2.05, 4.69) is 27.8 Å². The van der Waals surface area contributed by atoms with Crippen molar-refractivity contribution in [2.75, 3.05) is 31.6 Å². The molecule has 0 aromatic heterocycles. The zero-order valence-electron chi connectivity index (χ0n) is 18.3. The minimum Gasteiger partial charge on any atom is -0.497 e. The van der Waals surface area contributed by atoms with Gasteiger partial charge >= 0.3 is 12.1 Å². The summed E-state index contributed by atoms with van der Waals surface area (Å²) in [5, 5.41) is 7.56. The highest BCUT2D eigenvalue weighted by molar-refractivity contribution is 6.10. The molecule has 2 saturated heterocycles. The van der Waals surface area contributed by atoms with Crippen LogP contribution in [0.2, 0.25) is 0 Å². The third kappa shape index (κ3) is 3.67. The first-order chi connectivity index (χ1) is 16.4. The fourth-order valence-corrected chi connectivity index (χ4v) is 4.23. The molecule has 10 heteroatoms. The monoisotopic (exact) mass is 459 g/mol. The van der Waals surface area contributed by atoms with Gasteiger partial charge in [-0.15, -0.1) is 0 Å². The van der Waals surface area contributed by atoms with Crippen molar-refractivity contribution >= 4 is 29.6 Å². The second-order valence-electron chi connectivity index (χ2n) is 8.18. The summed E-state index contributed by atoms with van der Waals surface area (Å²) in [5.74, 6) is 5.49.